The van der Waals surface area contributed by atoms with Crippen molar-refractivity contribution in [1.82, 2.24) is 47.9 Å². The average molecular weight is 1530 g/mol. The lowest BCUT2D eigenvalue weighted by molar-refractivity contribution is -0.270. The van der Waals surface area contributed by atoms with Crippen molar-refractivity contribution in [3.05, 3.63) is 0 Å². The van der Waals surface area contributed by atoms with Crippen LogP contribution in [-0.4, -0.2) is 320 Å². The van der Waals surface area contributed by atoms with E-state index in [1.807, 2.05) is 0 Å². The standard InChI is InChI=1S/C68H119N9O29/c1-41(81)74-55-61(95)58(92)45(35-78)104-64(55)101-29-10-16-44(84)15-7-8-24-69-51(88)21-32-98-38-68(77-54(91)18-9-17-48(85)67(4,5)6,39-99-33-22-52(89)72-27-13-25-70-49(86)19-11-30-102-65-56(75-42(2)82)62(96)59(93)46(36-79)105-65)40-100-34-23-53(90)73-28-14-26-71-50(87)20-12-31-103-66-57(76-43(3)83)63(97)60(94)47(37-80)106-66/h45-47,55-66,78-80,92-97H,7-40H2,1-6H3,(H,69,88)(H,70,86)(H,71,87)(H,72,89)(H,73,90)(H,74,81)(H,75,82)(H,76,83)(H,77,91)/t45?,46?,47?,55?,56?,57?,58-,59-,60-,61-,62-,63-,64-,65-,66-,68?/m1/s1. The summed E-state index contributed by atoms with van der Waals surface area (Å²) in [5.41, 5.74) is -2.14. The first-order chi connectivity index (χ1) is 50.3. The number of aliphatic hydroxyl groups is 9. The second-order valence-corrected chi connectivity index (χ2v) is 27.4. The van der Waals surface area contributed by atoms with Crippen molar-refractivity contribution in [3.8, 4) is 0 Å². The number of hydrogen-bond acceptors (Lipinski definition) is 29. The van der Waals surface area contributed by atoms with Crippen LogP contribution in [0, 0.1) is 5.41 Å². The van der Waals surface area contributed by atoms with Gasteiger partial charge in [-0.25, -0.2) is 0 Å². The Labute approximate surface area is 617 Å². The summed E-state index contributed by atoms with van der Waals surface area (Å²) in [5, 5.41) is 115. The second-order valence-electron chi connectivity index (χ2n) is 27.4. The molecule has 38 heteroatoms. The Morgan fingerprint density at radius 2 is 0.651 bits per heavy atom. The zero-order valence-electron chi connectivity index (χ0n) is 61.9. The molecule has 0 aromatic heterocycles. The van der Waals surface area contributed by atoms with Crippen molar-refractivity contribution in [2.45, 2.75) is 248 Å². The highest BCUT2D eigenvalue weighted by molar-refractivity contribution is 5.84. The molecular weight excluding hydrogens is 1410 g/mol. The maximum atomic E-state index is 13.8. The topological polar surface area (TPSA) is 561 Å². The maximum Gasteiger partial charge on any atom is 0.222 e. The molecule has 0 spiro atoms. The number of unbranched alkanes of at least 4 members (excludes halogenated alkanes) is 1. The Morgan fingerprint density at radius 3 is 0.972 bits per heavy atom. The fourth-order valence-electron chi connectivity index (χ4n) is 11.2. The van der Waals surface area contributed by atoms with Crippen LogP contribution in [0.25, 0.3) is 0 Å². The number of rotatable bonds is 54. The molecule has 0 radical (unpaired) electrons. The third kappa shape index (κ3) is 36.8. The predicted octanol–water partition coefficient (Wildman–Crippen LogP) is -5.83. The summed E-state index contributed by atoms with van der Waals surface area (Å²) in [6, 6.07) is -3.39. The van der Waals surface area contributed by atoms with Crippen LogP contribution in [0.5, 0.6) is 0 Å². The van der Waals surface area contributed by atoms with Gasteiger partial charge in [-0.05, 0) is 51.4 Å². The summed E-state index contributed by atoms with van der Waals surface area (Å²) in [6.45, 7) is 6.63. The molecule has 9 amide bonds. The van der Waals surface area contributed by atoms with Gasteiger partial charge in [-0.3, -0.25) is 52.7 Å². The van der Waals surface area contributed by atoms with Gasteiger partial charge >= 0.3 is 0 Å². The molecule has 15 atom stereocenters. The van der Waals surface area contributed by atoms with Gasteiger partial charge in [0.25, 0.3) is 0 Å². The normalized spacial score (nSPS) is 25.0. The minimum absolute atomic E-state index is 0.00591. The molecule has 18 N–H and O–H groups in total. The van der Waals surface area contributed by atoms with Crippen LogP contribution in [0.15, 0.2) is 0 Å². The molecule has 610 valence electrons. The van der Waals surface area contributed by atoms with Gasteiger partial charge in [-0.1, -0.05) is 20.8 Å². The quantitative estimate of drug-likeness (QED) is 0.0252. The number of carbonyl (C=O) groups excluding carboxylic acids is 11. The summed E-state index contributed by atoms with van der Waals surface area (Å²) in [6.07, 6.45) is -13.5. The number of nitrogens with one attached hydrogen (secondary N) is 9. The van der Waals surface area contributed by atoms with Crippen LogP contribution in [-0.2, 0) is 95.4 Å². The summed E-state index contributed by atoms with van der Waals surface area (Å²) in [5.74, 6) is -4.03. The van der Waals surface area contributed by atoms with Crippen molar-refractivity contribution in [3.63, 3.8) is 0 Å². The highest BCUT2D eigenvalue weighted by atomic mass is 16.7. The second kappa shape index (κ2) is 51.3. The lowest BCUT2D eigenvalue weighted by atomic mass is 9.88. The van der Waals surface area contributed by atoms with Crippen molar-refractivity contribution >= 4 is 64.7 Å². The molecule has 3 aliphatic rings. The first-order valence-electron chi connectivity index (χ1n) is 36.3. The van der Waals surface area contributed by atoms with Crippen LogP contribution in [0.2, 0.25) is 0 Å². The Kier molecular flexibility index (Phi) is 45.5. The highest BCUT2D eigenvalue weighted by Gasteiger charge is 2.48. The zero-order valence-corrected chi connectivity index (χ0v) is 61.9. The zero-order chi connectivity index (χ0) is 78.8. The largest absolute Gasteiger partial charge is 0.394 e. The molecule has 3 aliphatic heterocycles. The van der Waals surface area contributed by atoms with Gasteiger partial charge in [-0.15, -0.1) is 0 Å². The molecule has 0 aromatic carbocycles. The number of ether oxygens (including phenoxy) is 9. The third-order valence-corrected chi connectivity index (χ3v) is 17.1. The van der Waals surface area contributed by atoms with Crippen LogP contribution < -0.4 is 47.9 Å². The molecule has 6 unspecified atom stereocenters. The van der Waals surface area contributed by atoms with E-state index in [0.717, 1.165) is 0 Å². The number of aliphatic hydroxyl groups excluding tert-OH is 9. The van der Waals surface area contributed by atoms with Crippen LogP contribution >= 0.6 is 0 Å². The van der Waals surface area contributed by atoms with Gasteiger partial charge in [0.15, 0.2) is 18.9 Å². The molecule has 0 aromatic rings. The number of carbonyl (C=O) groups is 11. The van der Waals surface area contributed by atoms with E-state index in [-0.39, 0.29) is 205 Å². The van der Waals surface area contributed by atoms with Crippen LogP contribution in [0.3, 0.4) is 0 Å². The van der Waals surface area contributed by atoms with Gasteiger partial charge < -0.3 is 136 Å². The average Bonchev–Trinajstić information content (AvgIpc) is 0.827. The third-order valence-electron chi connectivity index (χ3n) is 17.1. The molecular formula is C68H119N9O29. The Balaban J connectivity index is 1.55. The van der Waals surface area contributed by atoms with Crippen LogP contribution in [0.1, 0.15) is 151 Å². The number of hydrogen-bond donors (Lipinski definition) is 18. The monoisotopic (exact) mass is 1530 g/mol. The van der Waals surface area contributed by atoms with E-state index in [9.17, 15) is 98.7 Å². The van der Waals surface area contributed by atoms with Crippen molar-refractivity contribution < 1.29 is 141 Å². The number of amides is 9. The van der Waals surface area contributed by atoms with Crippen molar-refractivity contribution in [2.75, 3.05) is 112 Å². The van der Waals surface area contributed by atoms with E-state index in [2.05, 4.69) is 47.9 Å². The van der Waals surface area contributed by atoms with E-state index in [4.69, 9.17) is 42.6 Å². The molecule has 3 saturated heterocycles. The van der Waals surface area contributed by atoms with E-state index >= 15 is 0 Å². The fraction of sp³-hybridized carbons (Fsp3) is 0.838. The smallest absolute Gasteiger partial charge is 0.222 e. The lowest BCUT2D eigenvalue weighted by Gasteiger charge is -2.42. The minimum atomic E-state index is -1.49. The summed E-state index contributed by atoms with van der Waals surface area (Å²) in [4.78, 5) is 139. The van der Waals surface area contributed by atoms with E-state index in [1.54, 1.807) is 20.8 Å². The van der Waals surface area contributed by atoms with Crippen molar-refractivity contribution in [1.29, 1.82) is 0 Å². The first kappa shape index (κ1) is 94.1. The minimum Gasteiger partial charge on any atom is -0.394 e. The molecule has 0 bridgehead atoms. The molecule has 3 heterocycles. The number of ketones is 2. The molecule has 0 aliphatic carbocycles. The van der Waals surface area contributed by atoms with E-state index < -0.39 is 158 Å². The molecule has 106 heavy (non-hydrogen) atoms. The van der Waals surface area contributed by atoms with Gasteiger partial charge in [0.1, 0.15) is 90.2 Å². The SMILES string of the molecule is CC(=O)NC1[C@H](OCCCC(=O)CCCCNC(=O)CCOCC(COCCC(=O)NCCCNC(=O)CCCO[C@@H]2OC(CO)[C@@H](O)[C@H](O)C2NC(C)=O)(COCCC(=O)NCCCNC(=O)CCCO[C@@H]2OC(CO)[C@@H](O)[C@H](O)C2NC(C)=O)NC(=O)CCCC(=O)C(C)(C)C)OC(CO)[C@@H](O)[C@@H]1O. The summed E-state index contributed by atoms with van der Waals surface area (Å²) >= 11 is 0. The van der Waals surface area contributed by atoms with Gasteiger partial charge in [0.2, 0.25) is 53.2 Å². The molecule has 0 saturated carbocycles. The van der Waals surface area contributed by atoms with E-state index in [0.29, 0.717) is 25.7 Å². The first-order valence-corrected chi connectivity index (χ1v) is 36.3. The Hall–Kier alpha value is -6.15. The molecule has 38 nitrogen and oxygen atoms in total. The lowest BCUT2D eigenvalue weighted by Crippen LogP contribution is -2.64. The molecule has 3 rings (SSSR count). The summed E-state index contributed by atoms with van der Waals surface area (Å²) in [7, 11) is 0. The highest BCUT2D eigenvalue weighted by Crippen LogP contribution is 2.26. The Morgan fingerprint density at radius 1 is 0.349 bits per heavy atom. The van der Waals surface area contributed by atoms with Gasteiger partial charge in [0, 0.05) is 117 Å². The van der Waals surface area contributed by atoms with Crippen LogP contribution in [0.4, 0.5) is 0 Å². The maximum absolute atomic E-state index is 13.8. The fourth-order valence-corrected chi connectivity index (χ4v) is 11.2. The summed E-state index contributed by atoms with van der Waals surface area (Å²) < 4.78 is 51.7. The Bertz CT molecular complexity index is 2440. The number of Topliss-reactive ketones (excluding diaryl/α,β-unsaturated/α-hetero) is 2. The predicted molar refractivity (Wildman–Crippen MR) is 370 cm³/mol. The van der Waals surface area contributed by atoms with Gasteiger partial charge in [0.05, 0.1) is 79.3 Å². The van der Waals surface area contributed by atoms with E-state index in [1.165, 1.54) is 20.8 Å². The van der Waals surface area contributed by atoms with Gasteiger partial charge in [-0.2, -0.15) is 0 Å². The molecule has 3 fully saturated rings. The van der Waals surface area contributed by atoms with Crippen molar-refractivity contribution in [2.24, 2.45) is 5.41 Å².